The van der Waals surface area contributed by atoms with Gasteiger partial charge in [-0.2, -0.15) is 0 Å². The molecule has 0 aliphatic heterocycles. The first kappa shape index (κ1) is 12.9. The zero-order valence-electron chi connectivity index (χ0n) is 10.3. The van der Waals surface area contributed by atoms with Crippen LogP contribution in [0.25, 0.3) is 0 Å². The molecule has 3 rings (SSSR count). The Hall–Kier alpha value is -0.0800. The quantitative estimate of drug-likeness (QED) is 0.670. The number of benzene rings is 1. The highest BCUT2D eigenvalue weighted by molar-refractivity contribution is 9.10. The fraction of sp³-hybridized carbons (Fsp3) is 0.600. The van der Waals surface area contributed by atoms with Gasteiger partial charge in [0.15, 0.2) is 0 Å². The Labute approximate surface area is 121 Å². The molecular weight excluding hydrogens is 315 g/mol. The minimum Gasteiger partial charge on any atom is -0.207 e. The van der Waals surface area contributed by atoms with E-state index in [1.165, 1.54) is 31.7 Å². The molecule has 18 heavy (non-hydrogen) atoms. The van der Waals surface area contributed by atoms with Gasteiger partial charge in [0.1, 0.15) is 5.82 Å². The maximum Gasteiger partial charge on any atom is 0.124 e. The number of hydrogen-bond acceptors (Lipinski definition) is 0. The predicted octanol–water partition coefficient (Wildman–Crippen LogP) is 5.18. The molecule has 2 bridgehead atoms. The molecular formula is C15H17BrClF. The molecule has 3 unspecified atom stereocenters. The van der Waals surface area contributed by atoms with Crippen molar-refractivity contribution < 1.29 is 4.39 Å². The van der Waals surface area contributed by atoms with Crippen LogP contribution in [0.15, 0.2) is 22.7 Å². The van der Waals surface area contributed by atoms with Gasteiger partial charge in [0.25, 0.3) is 0 Å². The fourth-order valence-corrected chi connectivity index (χ4v) is 5.04. The molecule has 0 heterocycles. The van der Waals surface area contributed by atoms with E-state index in [1.54, 1.807) is 6.07 Å². The number of rotatable bonds is 3. The molecule has 0 amide bonds. The third-order valence-corrected chi connectivity index (χ3v) is 5.84. The summed E-state index contributed by atoms with van der Waals surface area (Å²) in [6.45, 7) is 0. The topological polar surface area (TPSA) is 0 Å². The summed E-state index contributed by atoms with van der Waals surface area (Å²) < 4.78 is 14.3. The molecule has 0 radical (unpaired) electrons. The van der Waals surface area contributed by atoms with Crippen molar-refractivity contribution in [2.75, 3.05) is 5.88 Å². The van der Waals surface area contributed by atoms with Gasteiger partial charge < -0.3 is 0 Å². The first-order valence-electron chi connectivity index (χ1n) is 6.62. The highest BCUT2D eigenvalue weighted by Crippen LogP contribution is 2.57. The van der Waals surface area contributed by atoms with Crippen LogP contribution in [0, 0.1) is 23.1 Å². The van der Waals surface area contributed by atoms with Gasteiger partial charge in [-0.05, 0) is 66.7 Å². The summed E-state index contributed by atoms with van der Waals surface area (Å²) in [6, 6.07) is 5.20. The summed E-state index contributed by atoms with van der Waals surface area (Å²) in [5.41, 5.74) is 1.30. The van der Waals surface area contributed by atoms with Crippen LogP contribution in [-0.4, -0.2) is 5.88 Å². The summed E-state index contributed by atoms with van der Waals surface area (Å²) in [6.07, 6.45) is 6.18. The minimum atomic E-state index is -0.160. The summed E-state index contributed by atoms with van der Waals surface area (Å²) in [5, 5.41) is 0. The Morgan fingerprint density at radius 2 is 2.17 bits per heavy atom. The Balaban J connectivity index is 1.86. The Morgan fingerprint density at radius 1 is 1.33 bits per heavy atom. The number of halogens is 3. The number of fused-ring (bicyclic) bond motifs is 2. The van der Waals surface area contributed by atoms with Crippen LogP contribution in [0.5, 0.6) is 0 Å². The van der Waals surface area contributed by atoms with Crippen LogP contribution >= 0.6 is 27.5 Å². The second kappa shape index (κ2) is 4.79. The van der Waals surface area contributed by atoms with Gasteiger partial charge >= 0.3 is 0 Å². The number of hydrogen-bond donors (Lipinski definition) is 0. The van der Waals surface area contributed by atoms with Gasteiger partial charge in [-0.25, -0.2) is 4.39 Å². The van der Waals surface area contributed by atoms with Gasteiger partial charge in [-0.15, -0.1) is 11.6 Å². The van der Waals surface area contributed by atoms with Crippen LogP contribution in [0.4, 0.5) is 4.39 Å². The van der Waals surface area contributed by atoms with E-state index in [4.69, 9.17) is 11.6 Å². The molecule has 0 aromatic heterocycles. The molecule has 2 aliphatic rings. The molecule has 3 atom stereocenters. The fourth-order valence-electron chi connectivity index (χ4n) is 4.11. The first-order chi connectivity index (χ1) is 8.61. The average Bonchev–Trinajstić information content (AvgIpc) is 2.88. The third kappa shape index (κ3) is 2.22. The standard InChI is InChI=1S/C15H17BrClF/c16-13-4-11(5-14(18)6-13)8-15(9-17)7-10-1-2-12(15)3-10/h4-6,10,12H,1-3,7-9H2. The first-order valence-corrected chi connectivity index (χ1v) is 7.95. The van der Waals surface area contributed by atoms with Gasteiger partial charge in [0.05, 0.1) is 0 Å². The van der Waals surface area contributed by atoms with E-state index in [0.29, 0.717) is 5.88 Å². The van der Waals surface area contributed by atoms with Crippen molar-refractivity contribution in [2.24, 2.45) is 17.3 Å². The lowest BCUT2D eigenvalue weighted by molar-refractivity contribution is 0.193. The largest absolute Gasteiger partial charge is 0.207 e. The van der Waals surface area contributed by atoms with Crippen LogP contribution in [0.1, 0.15) is 31.2 Å². The monoisotopic (exact) mass is 330 g/mol. The number of alkyl halides is 1. The van der Waals surface area contributed by atoms with Gasteiger partial charge in [-0.3, -0.25) is 0 Å². The zero-order valence-corrected chi connectivity index (χ0v) is 12.6. The molecule has 1 aromatic carbocycles. The van der Waals surface area contributed by atoms with E-state index in [-0.39, 0.29) is 11.2 Å². The second-order valence-electron chi connectivity index (χ2n) is 6.03. The smallest absolute Gasteiger partial charge is 0.124 e. The summed E-state index contributed by atoms with van der Waals surface area (Å²) in [7, 11) is 0. The van der Waals surface area contributed by atoms with Crippen LogP contribution in [0.3, 0.4) is 0 Å². The SMILES string of the molecule is Fc1cc(Br)cc(CC2(CCl)CC3CCC2C3)c1. The van der Waals surface area contributed by atoms with Crippen LogP contribution < -0.4 is 0 Å². The lowest BCUT2D eigenvalue weighted by Gasteiger charge is -2.36. The summed E-state index contributed by atoms with van der Waals surface area (Å²) in [4.78, 5) is 0. The molecule has 2 aliphatic carbocycles. The molecule has 1 aromatic rings. The van der Waals surface area contributed by atoms with Crippen molar-refractivity contribution in [1.29, 1.82) is 0 Å². The Bertz CT molecular complexity index is 442. The third-order valence-electron chi connectivity index (χ3n) is 4.85. The summed E-state index contributed by atoms with van der Waals surface area (Å²) >= 11 is 9.65. The molecule has 0 spiro atoms. The highest BCUT2D eigenvalue weighted by Gasteiger charge is 2.50. The van der Waals surface area contributed by atoms with Crippen molar-refractivity contribution in [3.05, 3.63) is 34.1 Å². The molecule has 2 fully saturated rings. The van der Waals surface area contributed by atoms with E-state index in [0.717, 1.165) is 28.3 Å². The minimum absolute atomic E-state index is 0.160. The molecule has 0 N–H and O–H groups in total. The second-order valence-corrected chi connectivity index (χ2v) is 7.21. The van der Waals surface area contributed by atoms with Gasteiger partial charge in [-0.1, -0.05) is 22.4 Å². The molecule has 0 saturated heterocycles. The van der Waals surface area contributed by atoms with Crippen LogP contribution in [0.2, 0.25) is 0 Å². The molecule has 3 heteroatoms. The molecule has 0 nitrogen and oxygen atoms in total. The van der Waals surface area contributed by atoms with Crippen LogP contribution in [-0.2, 0) is 6.42 Å². The normalized spacial score (nSPS) is 34.2. The van der Waals surface area contributed by atoms with Gasteiger partial charge in [0, 0.05) is 10.4 Å². The van der Waals surface area contributed by atoms with E-state index in [1.807, 2.05) is 6.07 Å². The van der Waals surface area contributed by atoms with Crippen molar-refractivity contribution in [1.82, 2.24) is 0 Å². The molecule has 2 saturated carbocycles. The highest BCUT2D eigenvalue weighted by atomic mass is 79.9. The van der Waals surface area contributed by atoms with E-state index < -0.39 is 0 Å². The Kier molecular flexibility index (Phi) is 3.44. The zero-order chi connectivity index (χ0) is 12.8. The van der Waals surface area contributed by atoms with Crippen molar-refractivity contribution >= 4 is 27.5 Å². The van der Waals surface area contributed by atoms with Crippen molar-refractivity contribution in [3.63, 3.8) is 0 Å². The maximum absolute atomic E-state index is 13.5. The summed E-state index contributed by atoms with van der Waals surface area (Å²) in [5.74, 6) is 2.17. The Morgan fingerprint density at radius 3 is 2.72 bits per heavy atom. The van der Waals surface area contributed by atoms with E-state index in [2.05, 4.69) is 15.9 Å². The van der Waals surface area contributed by atoms with Gasteiger partial charge in [0.2, 0.25) is 0 Å². The molecule has 98 valence electrons. The lowest BCUT2D eigenvalue weighted by Crippen LogP contribution is -2.32. The van der Waals surface area contributed by atoms with Crippen molar-refractivity contribution in [3.8, 4) is 0 Å². The van der Waals surface area contributed by atoms with E-state index in [9.17, 15) is 4.39 Å². The van der Waals surface area contributed by atoms with Crippen molar-refractivity contribution in [2.45, 2.75) is 32.1 Å². The average molecular weight is 332 g/mol. The lowest BCUT2D eigenvalue weighted by atomic mass is 9.71. The van der Waals surface area contributed by atoms with E-state index >= 15 is 0 Å². The maximum atomic E-state index is 13.5. The predicted molar refractivity (Wildman–Crippen MR) is 76.4 cm³/mol.